The first-order chi connectivity index (χ1) is 30.7. The third kappa shape index (κ3) is 5.51. The fourth-order valence-corrected chi connectivity index (χ4v) is 9.09. The third-order valence-electron chi connectivity index (χ3n) is 12.1. The van der Waals surface area contributed by atoms with Crippen LogP contribution in [0.1, 0.15) is 0 Å². The van der Waals surface area contributed by atoms with Crippen LogP contribution < -0.4 is 0 Å². The Morgan fingerprint density at radius 2 is 0.935 bits per heavy atom. The molecule has 10 aromatic carbocycles. The standard InChI is InChI=1S/C56H32N4O2/c1-3-11-36(12-4-1)53-58-54(60-55(59-53)44-16-9-17-48-51(44)45-32-40(26-29-47(45)61-48)39-22-18-33-10-7-8-15-38(33)30-39)42-24-27-43-41(31-42)23-21-34-19-20-35-25-28-46-52(50(35)49(34)43)62-56(57-46)37-13-5-2-6-14-37/h1-32H. The zero-order chi connectivity index (χ0) is 40.7. The second-order valence-corrected chi connectivity index (χ2v) is 15.8. The molecule has 0 aliphatic carbocycles. The number of nitrogens with zero attached hydrogens (tertiary/aromatic N) is 4. The molecule has 3 aromatic heterocycles. The van der Waals surface area contributed by atoms with E-state index in [1.807, 2.05) is 78.9 Å². The van der Waals surface area contributed by atoms with E-state index in [0.717, 1.165) is 98.7 Å². The Bertz CT molecular complexity index is 3930. The summed E-state index contributed by atoms with van der Waals surface area (Å²) in [6.07, 6.45) is 0. The van der Waals surface area contributed by atoms with Crippen molar-refractivity contribution in [3.8, 4) is 56.7 Å². The maximum absolute atomic E-state index is 6.58. The number of oxazole rings is 1. The van der Waals surface area contributed by atoms with E-state index in [-0.39, 0.29) is 0 Å². The topological polar surface area (TPSA) is 77.8 Å². The van der Waals surface area contributed by atoms with Gasteiger partial charge in [-0.2, -0.15) is 0 Å². The highest BCUT2D eigenvalue weighted by Crippen LogP contribution is 2.41. The number of hydrogen-bond donors (Lipinski definition) is 0. The van der Waals surface area contributed by atoms with Gasteiger partial charge in [-0.25, -0.2) is 19.9 Å². The van der Waals surface area contributed by atoms with Crippen LogP contribution in [0.5, 0.6) is 0 Å². The molecule has 6 heteroatoms. The quantitative estimate of drug-likeness (QED) is 0.162. The summed E-state index contributed by atoms with van der Waals surface area (Å²) >= 11 is 0. The SMILES string of the molecule is c1ccc(-c2nc(-c3ccc4c(ccc5ccc6ccc7nc(-c8ccccc8)oc7c6c54)c3)nc(-c3cccc4oc5ccc(-c6ccc7ccccc7c6)cc5c34)n2)cc1. The first-order valence-corrected chi connectivity index (χ1v) is 20.7. The molecule has 62 heavy (non-hydrogen) atoms. The lowest BCUT2D eigenvalue weighted by Crippen LogP contribution is -2.00. The monoisotopic (exact) mass is 792 g/mol. The second-order valence-electron chi connectivity index (χ2n) is 15.8. The lowest BCUT2D eigenvalue weighted by molar-refractivity contribution is 0.623. The number of rotatable bonds is 5. The summed E-state index contributed by atoms with van der Waals surface area (Å²) in [7, 11) is 0. The maximum atomic E-state index is 6.58. The minimum atomic E-state index is 0.574. The fourth-order valence-electron chi connectivity index (χ4n) is 9.09. The summed E-state index contributed by atoms with van der Waals surface area (Å²) < 4.78 is 13.1. The molecule has 6 nitrogen and oxygen atoms in total. The number of fused-ring (bicyclic) bond motifs is 11. The smallest absolute Gasteiger partial charge is 0.227 e. The van der Waals surface area contributed by atoms with Crippen molar-refractivity contribution < 1.29 is 8.83 Å². The summed E-state index contributed by atoms with van der Waals surface area (Å²) in [6, 6.07) is 67.1. The van der Waals surface area contributed by atoms with E-state index >= 15 is 0 Å². The van der Waals surface area contributed by atoms with Crippen molar-refractivity contribution in [2.75, 3.05) is 0 Å². The molecule has 13 aromatic rings. The lowest BCUT2D eigenvalue weighted by Gasteiger charge is -2.11. The largest absolute Gasteiger partial charge is 0.456 e. The highest BCUT2D eigenvalue weighted by atomic mass is 16.3. The molecule has 0 aliphatic heterocycles. The third-order valence-corrected chi connectivity index (χ3v) is 12.1. The van der Waals surface area contributed by atoms with Gasteiger partial charge < -0.3 is 8.83 Å². The van der Waals surface area contributed by atoms with Gasteiger partial charge in [-0.15, -0.1) is 0 Å². The molecule has 0 radical (unpaired) electrons. The second kappa shape index (κ2) is 13.5. The van der Waals surface area contributed by atoms with Gasteiger partial charge in [0.05, 0.1) is 0 Å². The highest BCUT2D eigenvalue weighted by molar-refractivity contribution is 6.26. The summed E-state index contributed by atoms with van der Waals surface area (Å²) in [5.74, 6) is 2.36. The molecule has 0 spiro atoms. The summed E-state index contributed by atoms with van der Waals surface area (Å²) in [5.41, 5.74) is 9.06. The highest BCUT2D eigenvalue weighted by Gasteiger charge is 2.20. The molecule has 0 amide bonds. The molecular weight excluding hydrogens is 761 g/mol. The van der Waals surface area contributed by atoms with Gasteiger partial charge in [0.25, 0.3) is 0 Å². The molecule has 0 atom stereocenters. The average molecular weight is 793 g/mol. The van der Waals surface area contributed by atoms with E-state index in [1.165, 1.54) is 10.8 Å². The molecule has 0 bridgehead atoms. The predicted octanol–water partition coefficient (Wildman–Crippen LogP) is 14.9. The number of aromatic nitrogens is 4. The Morgan fingerprint density at radius 3 is 1.77 bits per heavy atom. The summed E-state index contributed by atoms with van der Waals surface area (Å²) in [5, 5.41) is 10.9. The van der Waals surface area contributed by atoms with Crippen molar-refractivity contribution in [3.63, 3.8) is 0 Å². The maximum Gasteiger partial charge on any atom is 0.227 e. The number of benzene rings is 10. The molecule has 0 saturated carbocycles. The van der Waals surface area contributed by atoms with E-state index in [1.54, 1.807) is 0 Å². The van der Waals surface area contributed by atoms with Crippen LogP contribution in [0.4, 0.5) is 0 Å². The Balaban J connectivity index is 0.990. The van der Waals surface area contributed by atoms with Crippen LogP contribution in [-0.2, 0) is 0 Å². The van der Waals surface area contributed by atoms with Gasteiger partial charge in [0, 0.05) is 43.8 Å². The van der Waals surface area contributed by atoms with Gasteiger partial charge >= 0.3 is 0 Å². The van der Waals surface area contributed by atoms with Crippen LogP contribution in [0.15, 0.2) is 203 Å². The van der Waals surface area contributed by atoms with E-state index in [9.17, 15) is 0 Å². The van der Waals surface area contributed by atoms with E-state index in [2.05, 4.69) is 115 Å². The van der Waals surface area contributed by atoms with E-state index in [4.69, 9.17) is 28.8 Å². The van der Waals surface area contributed by atoms with Crippen LogP contribution in [0.25, 0.3) is 133 Å². The van der Waals surface area contributed by atoms with Gasteiger partial charge in [0.15, 0.2) is 23.1 Å². The zero-order valence-corrected chi connectivity index (χ0v) is 33.1. The van der Waals surface area contributed by atoms with Gasteiger partial charge in [0.2, 0.25) is 5.89 Å². The lowest BCUT2D eigenvalue weighted by atomic mass is 9.95. The Hall–Kier alpha value is -8.48. The van der Waals surface area contributed by atoms with Crippen LogP contribution in [0.2, 0.25) is 0 Å². The molecule has 0 N–H and O–H groups in total. The van der Waals surface area contributed by atoms with Crippen molar-refractivity contribution in [1.29, 1.82) is 0 Å². The normalized spacial score (nSPS) is 11.9. The summed E-state index contributed by atoms with van der Waals surface area (Å²) in [6.45, 7) is 0. The van der Waals surface area contributed by atoms with E-state index < -0.39 is 0 Å². The van der Waals surface area contributed by atoms with Crippen molar-refractivity contribution in [2.24, 2.45) is 0 Å². The molecule has 288 valence electrons. The molecule has 0 fully saturated rings. The molecule has 0 saturated heterocycles. The zero-order valence-electron chi connectivity index (χ0n) is 33.1. The van der Waals surface area contributed by atoms with Crippen LogP contribution in [-0.4, -0.2) is 19.9 Å². The van der Waals surface area contributed by atoms with Crippen LogP contribution in [0.3, 0.4) is 0 Å². The first-order valence-electron chi connectivity index (χ1n) is 20.7. The number of hydrogen-bond acceptors (Lipinski definition) is 6. The average Bonchev–Trinajstić information content (AvgIpc) is 3.96. The van der Waals surface area contributed by atoms with Gasteiger partial charge in [-0.3, -0.25) is 0 Å². The van der Waals surface area contributed by atoms with Crippen molar-refractivity contribution in [1.82, 2.24) is 19.9 Å². The van der Waals surface area contributed by atoms with Crippen LogP contribution >= 0.6 is 0 Å². The Kier molecular flexibility index (Phi) is 7.50. The predicted molar refractivity (Wildman–Crippen MR) is 252 cm³/mol. The van der Waals surface area contributed by atoms with Crippen LogP contribution in [0, 0.1) is 0 Å². The first kappa shape index (κ1) is 34.4. The Labute approximate surface area is 354 Å². The van der Waals surface area contributed by atoms with Crippen molar-refractivity contribution >= 4 is 76.1 Å². The molecule has 13 rings (SSSR count). The minimum absolute atomic E-state index is 0.574. The van der Waals surface area contributed by atoms with Crippen molar-refractivity contribution in [2.45, 2.75) is 0 Å². The molecular formula is C56H32N4O2. The van der Waals surface area contributed by atoms with Gasteiger partial charge in [-0.1, -0.05) is 146 Å². The van der Waals surface area contributed by atoms with Gasteiger partial charge in [0.1, 0.15) is 16.7 Å². The minimum Gasteiger partial charge on any atom is -0.456 e. The van der Waals surface area contributed by atoms with E-state index in [0.29, 0.717) is 23.4 Å². The fraction of sp³-hybridized carbons (Fsp3) is 0. The van der Waals surface area contributed by atoms with Gasteiger partial charge in [-0.05, 0) is 92.0 Å². The molecule has 0 unspecified atom stereocenters. The number of furan rings is 1. The van der Waals surface area contributed by atoms with Crippen molar-refractivity contribution in [3.05, 3.63) is 194 Å². The molecule has 3 heterocycles. The summed E-state index contributed by atoms with van der Waals surface area (Å²) in [4.78, 5) is 20.5. The molecule has 0 aliphatic rings. The Morgan fingerprint density at radius 1 is 0.306 bits per heavy atom.